The number of Topliss-reactive ketones (excluding diaryl/α,β-unsaturated/α-hetero) is 1. The van der Waals surface area contributed by atoms with Crippen LogP contribution in [0, 0.1) is 5.92 Å². The van der Waals surface area contributed by atoms with Crippen molar-refractivity contribution in [3.8, 4) is 0 Å². The summed E-state index contributed by atoms with van der Waals surface area (Å²) < 4.78 is 0.853. The Bertz CT molecular complexity index is 694. The number of hydrogen-bond acceptors (Lipinski definition) is 1. The van der Waals surface area contributed by atoms with Gasteiger partial charge in [0.15, 0.2) is 5.78 Å². The Balaban J connectivity index is 1.77. The summed E-state index contributed by atoms with van der Waals surface area (Å²) in [5.41, 5.74) is 1.75. The molecule has 2 aromatic carbocycles. The van der Waals surface area contributed by atoms with Crippen LogP contribution in [-0.4, -0.2) is 5.78 Å². The van der Waals surface area contributed by atoms with Gasteiger partial charge in [0.2, 0.25) is 0 Å². The summed E-state index contributed by atoms with van der Waals surface area (Å²) in [5.74, 6) is 0.773. The maximum atomic E-state index is 12.5. The molecule has 0 spiro atoms. The summed E-state index contributed by atoms with van der Waals surface area (Å²) >= 11 is 16.1. The number of benzene rings is 2. The van der Waals surface area contributed by atoms with E-state index in [-0.39, 0.29) is 11.7 Å². The van der Waals surface area contributed by atoms with Crippen LogP contribution in [0.5, 0.6) is 0 Å². The SMILES string of the molecule is O=C(C[C@@H]1CC[C@@H]1c1c(Cl)cccc1Cl)c1ccccc1Br. The molecule has 114 valence electrons. The minimum Gasteiger partial charge on any atom is -0.294 e. The zero-order chi connectivity index (χ0) is 15.7. The first-order valence-corrected chi connectivity index (χ1v) is 8.84. The van der Waals surface area contributed by atoms with E-state index in [1.807, 2.05) is 42.5 Å². The lowest BCUT2D eigenvalue weighted by atomic mass is 9.67. The van der Waals surface area contributed by atoms with Gasteiger partial charge in [-0.05, 0) is 48.4 Å². The number of ketones is 1. The maximum Gasteiger partial charge on any atom is 0.164 e. The van der Waals surface area contributed by atoms with Gasteiger partial charge in [-0.3, -0.25) is 4.79 Å². The number of hydrogen-bond donors (Lipinski definition) is 0. The minimum absolute atomic E-state index is 0.172. The Morgan fingerprint density at radius 1 is 1.05 bits per heavy atom. The van der Waals surface area contributed by atoms with Crippen molar-refractivity contribution in [1.82, 2.24) is 0 Å². The van der Waals surface area contributed by atoms with Crippen LogP contribution >= 0.6 is 39.1 Å². The molecule has 0 heterocycles. The largest absolute Gasteiger partial charge is 0.294 e. The van der Waals surface area contributed by atoms with Crippen molar-refractivity contribution in [2.75, 3.05) is 0 Å². The second-order valence-electron chi connectivity index (χ2n) is 5.69. The molecule has 22 heavy (non-hydrogen) atoms. The molecular weight excluding hydrogens is 383 g/mol. The van der Waals surface area contributed by atoms with E-state index in [9.17, 15) is 4.79 Å². The Morgan fingerprint density at radius 3 is 2.32 bits per heavy atom. The molecule has 0 N–H and O–H groups in total. The fourth-order valence-electron chi connectivity index (χ4n) is 3.09. The van der Waals surface area contributed by atoms with Gasteiger partial charge in [-0.1, -0.05) is 63.4 Å². The Labute approximate surface area is 148 Å². The quantitative estimate of drug-likeness (QED) is 0.536. The van der Waals surface area contributed by atoms with E-state index in [4.69, 9.17) is 23.2 Å². The van der Waals surface area contributed by atoms with E-state index in [1.165, 1.54) is 0 Å². The molecule has 1 aliphatic carbocycles. The van der Waals surface area contributed by atoms with E-state index in [0.717, 1.165) is 28.4 Å². The molecule has 0 amide bonds. The fraction of sp³-hybridized carbons (Fsp3) is 0.278. The van der Waals surface area contributed by atoms with Gasteiger partial charge in [-0.25, -0.2) is 0 Å². The molecule has 0 bridgehead atoms. The summed E-state index contributed by atoms with van der Waals surface area (Å²) in [7, 11) is 0. The van der Waals surface area contributed by atoms with Gasteiger partial charge in [0, 0.05) is 26.5 Å². The molecule has 3 rings (SSSR count). The molecule has 1 aliphatic rings. The monoisotopic (exact) mass is 396 g/mol. The highest BCUT2D eigenvalue weighted by Crippen LogP contribution is 2.49. The van der Waals surface area contributed by atoms with Crippen molar-refractivity contribution in [1.29, 1.82) is 0 Å². The van der Waals surface area contributed by atoms with Gasteiger partial charge in [-0.15, -0.1) is 0 Å². The number of carbonyl (C=O) groups is 1. The second-order valence-corrected chi connectivity index (χ2v) is 7.36. The predicted octanol–water partition coefficient (Wildman–Crippen LogP) is 6.52. The molecule has 0 saturated heterocycles. The van der Waals surface area contributed by atoms with E-state index >= 15 is 0 Å². The molecular formula is C18H15BrCl2O. The zero-order valence-electron chi connectivity index (χ0n) is 11.9. The van der Waals surface area contributed by atoms with Crippen molar-refractivity contribution in [3.05, 3.63) is 68.1 Å². The summed E-state index contributed by atoms with van der Waals surface area (Å²) in [6.07, 6.45) is 2.62. The topological polar surface area (TPSA) is 17.1 Å². The Hall–Kier alpha value is -0.830. The summed E-state index contributed by atoms with van der Waals surface area (Å²) in [6, 6.07) is 13.2. The van der Waals surface area contributed by atoms with Crippen LogP contribution in [0.15, 0.2) is 46.9 Å². The second kappa shape index (κ2) is 6.74. The van der Waals surface area contributed by atoms with Crippen molar-refractivity contribution >= 4 is 44.9 Å². The lowest BCUT2D eigenvalue weighted by molar-refractivity contribution is 0.0918. The van der Waals surface area contributed by atoms with Crippen molar-refractivity contribution < 1.29 is 4.79 Å². The lowest BCUT2D eigenvalue weighted by Crippen LogP contribution is -2.27. The number of rotatable bonds is 4. The van der Waals surface area contributed by atoms with Crippen LogP contribution in [0.3, 0.4) is 0 Å². The molecule has 4 heteroatoms. The zero-order valence-corrected chi connectivity index (χ0v) is 15.0. The molecule has 2 atom stereocenters. The maximum absolute atomic E-state index is 12.5. The first-order valence-electron chi connectivity index (χ1n) is 7.29. The molecule has 0 aliphatic heterocycles. The highest BCUT2D eigenvalue weighted by atomic mass is 79.9. The van der Waals surface area contributed by atoms with E-state index in [0.29, 0.717) is 22.4 Å². The predicted molar refractivity (Wildman–Crippen MR) is 95.0 cm³/mol. The number of halogens is 3. The fourth-order valence-corrected chi connectivity index (χ4v) is 4.28. The third kappa shape index (κ3) is 3.10. The molecule has 0 radical (unpaired) electrons. The third-order valence-electron chi connectivity index (χ3n) is 4.41. The van der Waals surface area contributed by atoms with Crippen molar-refractivity contribution in [2.24, 2.45) is 5.92 Å². The third-order valence-corrected chi connectivity index (χ3v) is 5.76. The van der Waals surface area contributed by atoms with Gasteiger partial charge in [-0.2, -0.15) is 0 Å². The smallest absolute Gasteiger partial charge is 0.164 e. The summed E-state index contributed by atoms with van der Waals surface area (Å²) in [5, 5.41) is 1.41. The molecule has 1 saturated carbocycles. The average molecular weight is 398 g/mol. The van der Waals surface area contributed by atoms with Crippen LogP contribution in [0.1, 0.15) is 41.1 Å². The van der Waals surface area contributed by atoms with Crippen LogP contribution < -0.4 is 0 Å². The Kier molecular flexibility index (Phi) is 4.91. The van der Waals surface area contributed by atoms with Gasteiger partial charge in [0.1, 0.15) is 0 Å². The van der Waals surface area contributed by atoms with Gasteiger partial charge in [0.25, 0.3) is 0 Å². The molecule has 2 aromatic rings. The summed E-state index contributed by atoms with van der Waals surface area (Å²) in [4.78, 5) is 12.5. The van der Waals surface area contributed by atoms with Crippen LogP contribution in [0.25, 0.3) is 0 Å². The van der Waals surface area contributed by atoms with Gasteiger partial charge in [0.05, 0.1) is 0 Å². The van der Waals surface area contributed by atoms with Crippen LogP contribution in [0.4, 0.5) is 0 Å². The highest BCUT2D eigenvalue weighted by Gasteiger charge is 2.36. The van der Waals surface area contributed by atoms with E-state index < -0.39 is 0 Å². The van der Waals surface area contributed by atoms with Crippen LogP contribution in [-0.2, 0) is 0 Å². The van der Waals surface area contributed by atoms with Crippen molar-refractivity contribution in [3.63, 3.8) is 0 Å². The molecule has 0 aromatic heterocycles. The van der Waals surface area contributed by atoms with E-state index in [1.54, 1.807) is 0 Å². The highest BCUT2D eigenvalue weighted by molar-refractivity contribution is 9.10. The molecule has 0 unspecified atom stereocenters. The molecule has 1 fully saturated rings. The van der Waals surface area contributed by atoms with Gasteiger partial charge >= 0.3 is 0 Å². The van der Waals surface area contributed by atoms with Crippen LogP contribution in [0.2, 0.25) is 10.0 Å². The lowest BCUT2D eigenvalue weighted by Gasteiger charge is -2.37. The molecule has 1 nitrogen and oxygen atoms in total. The standard InChI is InChI=1S/C18H15BrCl2O/c19-14-5-2-1-4-13(14)17(22)10-11-8-9-12(11)18-15(20)6-3-7-16(18)21/h1-7,11-12H,8-10H2/t11-,12-/m0/s1. The normalized spacial score (nSPS) is 20.5. The Morgan fingerprint density at radius 2 is 1.73 bits per heavy atom. The average Bonchev–Trinajstić information content (AvgIpc) is 2.47. The van der Waals surface area contributed by atoms with E-state index in [2.05, 4.69) is 15.9 Å². The number of carbonyl (C=O) groups excluding carboxylic acids is 1. The van der Waals surface area contributed by atoms with Crippen molar-refractivity contribution in [2.45, 2.75) is 25.2 Å². The first kappa shape index (κ1) is 16.0. The minimum atomic E-state index is 0.172. The first-order chi connectivity index (χ1) is 10.6. The summed E-state index contributed by atoms with van der Waals surface area (Å²) in [6.45, 7) is 0. The van der Waals surface area contributed by atoms with Gasteiger partial charge < -0.3 is 0 Å².